The van der Waals surface area contributed by atoms with E-state index < -0.39 is 5.97 Å². The van der Waals surface area contributed by atoms with E-state index in [1.807, 2.05) is 18.2 Å². The smallest absolute Gasteiger partial charge is 0.323 e. The molecule has 0 bridgehead atoms. The number of carboxylic acid groups (broad SMARTS) is 1. The zero-order valence-electron chi connectivity index (χ0n) is 12.5. The van der Waals surface area contributed by atoms with Crippen molar-refractivity contribution in [1.82, 2.24) is 4.57 Å². The first kappa shape index (κ1) is 14.6. The number of fused-ring (bicyclic) bond motifs is 1. The van der Waals surface area contributed by atoms with Gasteiger partial charge >= 0.3 is 5.97 Å². The van der Waals surface area contributed by atoms with E-state index in [1.54, 1.807) is 13.2 Å². The van der Waals surface area contributed by atoms with E-state index in [4.69, 9.17) is 9.84 Å². The molecule has 5 heteroatoms. The molecule has 0 unspecified atom stereocenters. The number of hydrogen-bond donors (Lipinski definition) is 1. The molecule has 0 atom stereocenters. The Morgan fingerprint density at radius 1 is 1.32 bits per heavy atom. The zero-order chi connectivity index (χ0) is 15.7. The number of ether oxygens (including phenoxy) is 1. The van der Waals surface area contributed by atoms with Crippen LogP contribution in [0.4, 0.5) is 0 Å². The van der Waals surface area contributed by atoms with Crippen LogP contribution < -0.4 is 10.3 Å². The SMILES string of the molecule is COc1ccc2cc(C3CCCC3)c(=O)n(CC(=O)O)c2c1. The highest BCUT2D eigenvalue weighted by molar-refractivity contribution is 5.82. The molecule has 1 aromatic carbocycles. The molecule has 0 spiro atoms. The number of rotatable bonds is 4. The minimum Gasteiger partial charge on any atom is -0.497 e. The van der Waals surface area contributed by atoms with Crippen LogP contribution in [0.15, 0.2) is 29.1 Å². The van der Waals surface area contributed by atoms with Gasteiger partial charge in [0.2, 0.25) is 0 Å². The molecular weight excluding hydrogens is 282 g/mol. The Bertz CT molecular complexity index is 772. The van der Waals surface area contributed by atoms with Gasteiger partial charge in [0.25, 0.3) is 5.56 Å². The van der Waals surface area contributed by atoms with E-state index in [0.717, 1.165) is 36.6 Å². The average molecular weight is 301 g/mol. The predicted octanol–water partition coefficient (Wildman–Crippen LogP) is 2.75. The summed E-state index contributed by atoms with van der Waals surface area (Å²) in [5.74, 6) is -0.159. The Hall–Kier alpha value is -2.30. The van der Waals surface area contributed by atoms with Crippen molar-refractivity contribution in [1.29, 1.82) is 0 Å². The van der Waals surface area contributed by atoms with Gasteiger partial charge in [-0.25, -0.2) is 0 Å². The fourth-order valence-electron chi connectivity index (χ4n) is 3.32. The highest BCUT2D eigenvalue weighted by Crippen LogP contribution is 2.33. The van der Waals surface area contributed by atoms with Crippen LogP contribution in [0, 0.1) is 0 Å². The normalized spacial score (nSPS) is 15.3. The van der Waals surface area contributed by atoms with E-state index in [2.05, 4.69) is 0 Å². The molecule has 1 saturated carbocycles. The number of methoxy groups -OCH3 is 1. The molecular formula is C17H19NO4. The van der Waals surface area contributed by atoms with Crippen LogP contribution in [-0.4, -0.2) is 22.8 Å². The molecule has 5 nitrogen and oxygen atoms in total. The quantitative estimate of drug-likeness (QED) is 0.942. The molecule has 1 aliphatic carbocycles. The molecule has 22 heavy (non-hydrogen) atoms. The van der Waals surface area contributed by atoms with Crippen LogP contribution in [0.1, 0.15) is 37.2 Å². The van der Waals surface area contributed by atoms with Gasteiger partial charge in [-0.3, -0.25) is 14.2 Å². The van der Waals surface area contributed by atoms with Gasteiger partial charge in [0, 0.05) is 11.6 Å². The number of benzene rings is 1. The van der Waals surface area contributed by atoms with Crippen molar-refractivity contribution in [2.75, 3.05) is 7.11 Å². The van der Waals surface area contributed by atoms with E-state index in [9.17, 15) is 9.59 Å². The fourth-order valence-corrected chi connectivity index (χ4v) is 3.32. The summed E-state index contributed by atoms with van der Waals surface area (Å²) in [4.78, 5) is 23.9. The second kappa shape index (κ2) is 5.83. The molecule has 0 radical (unpaired) electrons. The van der Waals surface area contributed by atoms with Gasteiger partial charge in [0.1, 0.15) is 12.3 Å². The van der Waals surface area contributed by atoms with Gasteiger partial charge in [0.15, 0.2) is 0 Å². The maximum Gasteiger partial charge on any atom is 0.323 e. The number of aromatic nitrogens is 1. The minimum absolute atomic E-state index is 0.185. The predicted molar refractivity (Wildman–Crippen MR) is 83.6 cm³/mol. The molecule has 2 aromatic rings. The van der Waals surface area contributed by atoms with Crippen LogP contribution in [0.3, 0.4) is 0 Å². The molecule has 1 fully saturated rings. The zero-order valence-corrected chi connectivity index (χ0v) is 12.5. The molecule has 1 heterocycles. The van der Waals surface area contributed by atoms with Gasteiger partial charge in [-0.2, -0.15) is 0 Å². The molecule has 0 amide bonds. The first-order valence-corrected chi connectivity index (χ1v) is 7.53. The summed E-state index contributed by atoms with van der Waals surface area (Å²) in [6.07, 6.45) is 4.27. The molecule has 1 aliphatic rings. The van der Waals surface area contributed by atoms with Crippen molar-refractivity contribution in [2.45, 2.75) is 38.1 Å². The van der Waals surface area contributed by atoms with E-state index >= 15 is 0 Å². The number of aliphatic carboxylic acids is 1. The number of nitrogens with zero attached hydrogens (tertiary/aromatic N) is 1. The Kier molecular flexibility index (Phi) is 3.88. The second-order valence-electron chi connectivity index (χ2n) is 5.79. The maximum absolute atomic E-state index is 12.8. The van der Waals surface area contributed by atoms with Crippen molar-refractivity contribution in [3.05, 3.63) is 40.2 Å². The van der Waals surface area contributed by atoms with Crippen molar-refractivity contribution < 1.29 is 14.6 Å². The molecule has 0 saturated heterocycles. The highest BCUT2D eigenvalue weighted by Gasteiger charge is 2.22. The lowest BCUT2D eigenvalue weighted by Crippen LogP contribution is -2.28. The summed E-state index contributed by atoms with van der Waals surface area (Å²) >= 11 is 0. The number of carbonyl (C=O) groups is 1. The first-order valence-electron chi connectivity index (χ1n) is 7.53. The largest absolute Gasteiger partial charge is 0.497 e. The summed E-state index contributed by atoms with van der Waals surface area (Å²) in [7, 11) is 1.55. The van der Waals surface area contributed by atoms with Gasteiger partial charge in [-0.1, -0.05) is 12.8 Å². The average Bonchev–Trinajstić information content (AvgIpc) is 3.03. The lowest BCUT2D eigenvalue weighted by atomic mass is 9.97. The topological polar surface area (TPSA) is 68.5 Å². The third-order valence-corrected chi connectivity index (χ3v) is 4.42. The minimum atomic E-state index is -1.02. The third kappa shape index (κ3) is 2.58. The highest BCUT2D eigenvalue weighted by atomic mass is 16.5. The Labute approximate surface area is 128 Å². The Morgan fingerprint density at radius 2 is 2.05 bits per heavy atom. The standard InChI is InChI=1S/C17H19NO4/c1-22-13-7-6-12-8-14(11-4-2-3-5-11)17(21)18(10-16(19)20)15(12)9-13/h6-9,11H,2-5,10H2,1H3,(H,19,20). The summed E-state index contributed by atoms with van der Waals surface area (Å²) in [6.45, 7) is -0.330. The van der Waals surface area contributed by atoms with Gasteiger partial charge < -0.3 is 9.84 Å². The Balaban J connectivity index is 2.24. The van der Waals surface area contributed by atoms with E-state index in [0.29, 0.717) is 11.3 Å². The third-order valence-electron chi connectivity index (χ3n) is 4.42. The molecule has 116 valence electrons. The van der Waals surface area contributed by atoms with Crippen LogP contribution in [-0.2, 0) is 11.3 Å². The number of hydrogen-bond acceptors (Lipinski definition) is 3. The number of pyridine rings is 1. The summed E-state index contributed by atoms with van der Waals surface area (Å²) in [6, 6.07) is 7.35. The molecule has 1 aromatic heterocycles. The summed E-state index contributed by atoms with van der Waals surface area (Å²) in [5, 5.41) is 10.0. The van der Waals surface area contributed by atoms with Gasteiger partial charge in [-0.15, -0.1) is 0 Å². The van der Waals surface area contributed by atoms with Crippen LogP contribution in [0.5, 0.6) is 5.75 Å². The lowest BCUT2D eigenvalue weighted by molar-refractivity contribution is -0.137. The van der Waals surface area contributed by atoms with Crippen molar-refractivity contribution in [3.8, 4) is 5.75 Å². The summed E-state index contributed by atoms with van der Waals surface area (Å²) in [5.41, 5.74) is 1.17. The molecule has 0 aliphatic heterocycles. The fraction of sp³-hybridized carbons (Fsp3) is 0.412. The lowest BCUT2D eigenvalue weighted by Gasteiger charge is -2.15. The summed E-state index contributed by atoms with van der Waals surface area (Å²) < 4.78 is 6.54. The van der Waals surface area contributed by atoms with Crippen LogP contribution in [0.2, 0.25) is 0 Å². The molecule has 3 rings (SSSR count). The molecule has 1 N–H and O–H groups in total. The number of carboxylic acids is 1. The Morgan fingerprint density at radius 3 is 2.68 bits per heavy atom. The van der Waals surface area contributed by atoms with Crippen molar-refractivity contribution in [3.63, 3.8) is 0 Å². The van der Waals surface area contributed by atoms with E-state index in [-0.39, 0.29) is 18.0 Å². The van der Waals surface area contributed by atoms with Crippen LogP contribution >= 0.6 is 0 Å². The van der Waals surface area contributed by atoms with Crippen LogP contribution in [0.25, 0.3) is 10.9 Å². The van der Waals surface area contributed by atoms with E-state index in [1.165, 1.54) is 4.57 Å². The second-order valence-corrected chi connectivity index (χ2v) is 5.79. The van der Waals surface area contributed by atoms with Crippen molar-refractivity contribution >= 4 is 16.9 Å². The first-order chi connectivity index (χ1) is 10.6. The monoisotopic (exact) mass is 301 g/mol. The van der Waals surface area contributed by atoms with Gasteiger partial charge in [-0.05, 0) is 42.3 Å². The van der Waals surface area contributed by atoms with Crippen molar-refractivity contribution in [2.24, 2.45) is 0 Å². The maximum atomic E-state index is 12.8. The van der Waals surface area contributed by atoms with Gasteiger partial charge in [0.05, 0.1) is 12.6 Å².